The van der Waals surface area contributed by atoms with Crippen molar-refractivity contribution in [2.75, 3.05) is 6.54 Å². The maximum Gasteiger partial charge on any atom is 0.328 e. The molecule has 2 aromatic rings. The Kier molecular flexibility index (Phi) is 4.75. The van der Waals surface area contributed by atoms with Gasteiger partial charge >= 0.3 is 6.03 Å². The minimum Gasteiger partial charge on any atom is -0.318 e. The van der Waals surface area contributed by atoms with Crippen molar-refractivity contribution in [1.82, 2.24) is 14.8 Å². The SMILES string of the molecule is CCN1C(=O)N/C(=C/c2cc(C)n(-c3ccc(Br)c(Cl)c3)c2C)C1=O. The van der Waals surface area contributed by atoms with Crippen LogP contribution in [0, 0.1) is 13.8 Å². The second-order valence-electron chi connectivity index (χ2n) is 5.80. The Balaban J connectivity index is 2.03. The average Bonchev–Trinajstić information content (AvgIpc) is 2.99. The number of nitrogens with zero attached hydrogens (tertiary/aromatic N) is 2. The fraction of sp³-hybridized carbons (Fsp3) is 0.222. The number of urea groups is 1. The standard InChI is InChI=1S/C18H17BrClN3O2/c1-4-22-17(24)16(21-18(22)25)8-12-7-10(2)23(11(12)3)13-5-6-14(19)15(20)9-13/h5-9H,4H2,1-3H3,(H,21,25)/b16-8+. The summed E-state index contributed by atoms with van der Waals surface area (Å²) in [6.45, 7) is 6.06. The molecule has 1 aromatic heterocycles. The van der Waals surface area contributed by atoms with Gasteiger partial charge in [0.25, 0.3) is 5.91 Å². The van der Waals surface area contributed by atoms with Crippen LogP contribution < -0.4 is 5.32 Å². The molecule has 7 heteroatoms. The van der Waals surface area contributed by atoms with Crippen molar-refractivity contribution in [3.05, 3.63) is 56.4 Å². The Hall–Kier alpha value is -2.05. The van der Waals surface area contributed by atoms with Crippen LogP contribution in [0.1, 0.15) is 23.9 Å². The summed E-state index contributed by atoms with van der Waals surface area (Å²) in [6, 6.07) is 7.34. The highest BCUT2D eigenvalue weighted by molar-refractivity contribution is 9.10. The smallest absolute Gasteiger partial charge is 0.318 e. The first-order valence-electron chi connectivity index (χ1n) is 7.82. The van der Waals surface area contributed by atoms with Gasteiger partial charge in [0.2, 0.25) is 0 Å². The summed E-state index contributed by atoms with van der Waals surface area (Å²) in [7, 11) is 0. The quantitative estimate of drug-likeness (QED) is 0.588. The molecule has 0 saturated carbocycles. The van der Waals surface area contributed by atoms with Gasteiger partial charge in [0.05, 0.1) is 5.02 Å². The van der Waals surface area contributed by atoms with E-state index < -0.39 is 0 Å². The van der Waals surface area contributed by atoms with Crippen LogP contribution in [-0.2, 0) is 4.79 Å². The van der Waals surface area contributed by atoms with Crippen LogP contribution in [0.4, 0.5) is 4.79 Å². The molecule has 2 heterocycles. The van der Waals surface area contributed by atoms with E-state index in [1.165, 1.54) is 4.90 Å². The number of carbonyl (C=O) groups is 2. The lowest BCUT2D eigenvalue weighted by molar-refractivity contribution is -0.122. The van der Waals surface area contributed by atoms with Gasteiger partial charge in [-0.15, -0.1) is 0 Å². The van der Waals surface area contributed by atoms with Crippen LogP contribution in [0.2, 0.25) is 5.02 Å². The van der Waals surface area contributed by atoms with Crippen LogP contribution in [0.3, 0.4) is 0 Å². The van der Waals surface area contributed by atoms with E-state index in [1.54, 1.807) is 13.0 Å². The summed E-state index contributed by atoms with van der Waals surface area (Å²) >= 11 is 9.60. The summed E-state index contributed by atoms with van der Waals surface area (Å²) in [4.78, 5) is 25.2. The van der Waals surface area contributed by atoms with Crippen molar-refractivity contribution in [2.24, 2.45) is 0 Å². The number of carbonyl (C=O) groups excluding carboxylic acids is 2. The highest BCUT2D eigenvalue weighted by Gasteiger charge is 2.32. The zero-order valence-electron chi connectivity index (χ0n) is 14.1. The van der Waals surface area contributed by atoms with Gasteiger partial charge in [0.1, 0.15) is 5.70 Å². The minimum absolute atomic E-state index is 0.293. The first-order chi connectivity index (χ1) is 11.8. The number of imide groups is 1. The number of rotatable bonds is 3. The number of nitrogens with one attached hydrogen (secondary N) is 1. The summed E-state index contributed by atoms with van der Waals surface area (Å²) in [6.07, 6.45) is 1.72. The van der Waals surface area contributed by atoms with Gasteiger partial charge in [-0.1, -0.05) is 11.6 Å². The zero-order chi connectivity index (χ0) is 18.3. The van der Waals surface area contributed by atoms with E-state index in [0.717, 1.165) is 27.1 Å². The molecule has 1 aliphatic heterocycles. The molecule has 3 amide bonds. The normalized spacial score (nSPS) is 16.0. The number of benzene rings is 1. The lowest BCUT2D eigenvalue weighted by Crippen LogP contribution is -2.30. The molecule has 3 rings (SSSR count). The summed E-state index contributed by atoms with van der Waals surface area (Å²) in [5, 5.41) is 3.25. The number of hydrogen-bond donors (Lipinski definition) is 1. The van der Waals surface area contributed by atoms with Crippen molar-refractivity contribution < 1.29 is 9.59 Å². The Morgan fingerprint density at radius 2 is 1.96 bits per heavy atom. The Bertz CT molecular complexity index is 917. The minimum atomic E-state index is -0.382. The highest BCUT2D eigenvalue weighted by Crippen LogP contribution is 2.29. The van der Waals surface area contributed by atoms with Crippen LogP contribution in [0.5, 0.6) is 0 Å². The second kappa shape index (κ2) is 6.69. The van der Waals surface area contributed by atoms with E-state index >= 15 is 0 Å². The highest BCUT2D eigenvalue weighted by atomic mass is 79.9. The second-order valence-corrected chi connectivity index (χ2v) is 7.06. The van der Waals surface area contributed by atoms with Crippen LogP contribution in [0.25, 0.3) is 11.8 Å². The van der Waals surface area contributed by atoms with E-state index in [0.29, 0.717) is 17.3 Å². The van der Waals surface area contributed by atoms with Gasteiger partial charge < -0.3 is 9.88 Å². The number of halogens is 2. The third-order valence-corrected chi connectivity index (χ3v) is 5.44. The molecular formula is C18H17BrClN3O2. The molecule has 1 aliphatic rings. The Labute approximate surface area is 159 Å². The van der Waals surface area contributed by atoms with Crippen molar-refractivity contribution in [3.8, 4) is 5.69 Å². The molecule has 0 radical (unpaired) electrons. The molecule has 5 nitrogen and oxygen atoms in total. The maximum atomic E-state index is 12.3. The third-order valence-electron chi connectivity index (χ3n) is 4.21. The predicted molar refractivity (Wildman–Crippen MR) is 102 cm³/mol. The van der Waals surface area contributed by atoms with E-state index in [2.05, 4.69) is 25.8 Å². The molecular weight excluding hydrogens is 406 g/mol. The predicted octanol–water partition coefficient (Wildman–Crippen LogP) is 4.42. The molecule has 0 unspecified atom stereocenters. The molecule has 1 fully saturated rings. The van der Waals surface area contributed by atoms with Crippen molar-refractivity contribution in [3.63, 3.8) is 0 Å². The number of aromatic nitrogens is 1. The van der Waals surface area contributed by atoms with Gasteiger partial charge in [0, 0.05) is 28.1 Å². The molecule has 1 saturated heterocycles. The first-order valence-corrected chi connectivity index (χ1v) is 8.99. The topological polar surface area (TPSA) is 54.3 Å². The fourth-order valence-electron chi connectivity index (χ4n) is 2.97. The molecule has 1 aromatic carbocycles. The molecule has 25 heavy (non-hydrogen) atoms. The monoisotopic (exact) mass is 421 g/mol. The average molecular weight is 423 g/mol. The largest absolute Gasteiger partial charge is 0.328 e. The van der Waals surface area contributed by atoms with Gasteiger partial charge in [-0.05, 0) is 72.6 Å². The van der Waals surface area contributed by atoms with E-state index in [-0.39, 0.29) is 11.9 Å². The van der Waals surface area contributed by atoms with Gasteiger partial charge in [-0.3, -0.25) is 9.69 Å². The third kappa shape index (κ3) is 3.12. The lowest BCUT2D eigenvalue weighted by atomic mass is 10.2. The van der Waals surface area contributed by atoms with Gasteiger partial charge in [0.15, 0.2) is 0 Å². The molecule has 0 spiro atoms. The van der Waals surface area contributed by atoms with E-state index in [1.807, 2.05) is 38.1 Å². The number of aryl methyl sites for hydroxylation is 1. The molecule has 0 bridgehead atoms. The number of likely N-dealkylation sites (N-methyl/N-ethyl adjacent to an activating group) is 1. The fourth-order valence-corrected chi connectivity index (χ4v) is 3.39. The lowest BCUT2D eigenvalue weighted by Gasteiger charge is -2.10. The zero-order valence-corrected chi connectivity index (χ0v) is 16.4. The Morgan fingerprint density at radius 3 is 2.56 bits per heavy atom. The Morgan fingerprint density at radius 1 is 1.24 bits per heavy atom. The van der Waals surface area contributed by atoms with Crippen molar-refractivity contribution in [1.29, 1.82) is 0 Å². The van der Waals surface area contributed by atoms with E-state index in [9.17, 15) is 9.59 Å². The summed E-state index contributed by atoms with van der Waals surface area (Å²) in [5.74, 6) is -0.302. The maximum absolute atomic E-state index is 12.3. The number of amides is 3. The van der Waals surface area contributed by atoms with Crippen LogP contribution in [0.15, 0.2) is 34.4 Å². The summed E-state index contributed by atoms with van der Waals surface area (Å²) < 4.78 is 2.89. The van der Waals surface area contributed by atoms with Crippen molar-refractivity contribution >= 4 is 45.5 Å². The van der Waals surface area contributed by atoms with Crippen LogP contribution in [-0.4, -0.2) is 28.0 Å². The van der Waals surface area contributed by atoms with Crippen molar-refractivity contribution in [2.45, 2.75) is 20.8 Å². The van der Waals surface area contributed by atoms with Crippen LogP contribution >= 0.6 is 27.5 Å². The molecule has 130 valence electrons. The van der Waals surface area contributed by atoms with Gasteiger partial charge in [-0.25, -0.2) is 4.79 Å². The molecule has 0 atom stereocenters. The van der Waals surface area contributed by atoms with Gasteiger partial charge in [-0.2, -0.15) is 0 Å². The number of hydrogen-bond acceptors (Lipinski definition) is 2. The summed E-state index contributed by atoms with van der Waals surface area (Å²) in [5.41, 5.74) is 4.07. The first kappa shape index (κ1) is 17.8. The van der Waals surface area contributed by atoms with E-state index in [4.69, 9.17) is 11.6 Å². The molecule has 1 N–H and O–H groups in total. The molecule has 0 aliphatic carbocycles.